The van der Waals surface area contributed by atoms with Gasteiger partial charge in [0.05, 0.1) is 11.1 Å². The molecule has 0 aliphatic rings. The highest BCUT2D eigenvalue weighted by Crippen LogP contribution is 2.38. The molecule has 0 aliphatic carbocycles. The smallest absolute Gasteiger partial charge is 0.421 e. The SMILES string of the molecule is C[Si](C)(C)CCOCn1c(=O)oc2c(-c3c[n+]([O-])cc(Cl)n3)ccc(C(F)(F)F)c21. The molecule has 0 saturated carbocycles. The van der Waals surface area contributed by atoms with E-state index in [9.17, 15) is 23.2 Å². The second kappa shape index (κ2) is 8.04. The Kier molecular flexibility index (Phi) is 5.98. The van der Waals surface area contributed by atoms with Crippen LogP contribution >= 0.6 is 11.6 Å². The fraction of sp³-hybridized carbons (Fsp3) is 0.389. The highest BCUT2D eigenvalue weighted by atomic mass is 35.5. The standard InChI is InChI=1S/C18H19ClF3N3O4Si/c1-30(2,3)7-6-28-10-25-15-12(18(20,21)22)5-4-11(16(15)29-17(25)26)13-8-24(27)9-14(19)23-13/h4-5,8-9H,6-7,10H2,1-3H3. The van der Waals surface area contributed by atoms with Crippen molar-refractivity contribution in [2.24, 2.45) is 0 Å². The van der Waals surface area contributed by atoms with Crippen LogP contribution in [0.4, 0.5) is 13.2 Å². The zero-order chi connectivity index (χ0) is 22.3. The highest BCUT2D eigenvalue weighted by molar-refractivity contribution is 6.76. The molecule has 2 heterocycles. The lowest BCUT2D eigenvalue weighted by Crippen LogP contribution is -2.25. The largest absolute Gasteiger partial charge is 0.619 e. The first-order chi connectivity index (χ1) is 13.9. The Labute approximate surface area is 175 Å². The summed E-state index contributed by atoms with van der Waals surface area (Å²) in [7, 11) is -1.42. The fourth-order valence-electron chi connectivity index (χ4n) is 2.82. The van der Waals surface area contributed by atoms with Crippen molar-refractivity contribution < 1.29 is 27.1 Å². The quantitative estimate of drug-likeness (QED) is 0.237. The van der Waals surface area contributed by atoms with E-state index in [1.165, 1.54) is 0 Å². The van der Waals surface area contributed by atoms with Gasteiger partial charge in [-0.05, 0) is 18.2 Å². The van der Waals surface area contributed by atoms with Crippen LogP contribution < -0.4 is 10.5 Å². The minimum absolute atomic E-state index is 0.0306. The number of aromatic nitrogens is 3. The second-order valence-corrected chi connectivity index (χ2v) is 13.9. The number of nitrogens with zero attached hydrogens (tertiary/aromatic N) is 3. The Balaban J connectivity index is 2.13. The van der Waals surface area contributed by atoms with Gasteiger partial charge < -0.3 is 14.4 Å². The normalized spacial score (nSPS) is 12.6. The van der Waals surface area contributed by atoms with E-state index in [2.05, 4.69) is 24.6 Å². The number of hydrogen-bond donors (Lipinski definition) is 0. The Hall–Kier alpha value is -2.37. The van der Waals surface area contributed by atoms with Gasteiger partial charge in [0.15, 0.2) is 10.7 Å². The Morgan fingerprint density at radius 1 is 1.30 bits per heavy atom. The fourth-order valence-corrected chi connectivity index (χ4v) is 3.77. The third kappa shape index (κ3) is 4.85. The summed E-state index contributed by atoms with van der Waals surface area (Å²) in [4.78, 5) is 16.3. The Morgan fingerprint density at radius 2 is 2.00 bits per heavy atom. The monoisotopic (exact) mass is 461 g/mol. The Morgan fingerprint density at radius 3 is 2.60 bits per heavy atom. The maximum absolute atomic E-state index is 13.6. The van der Waals surface area contributed by atoms with Gasteiger partial charge in [0, 0.05) is 14.7 Å². The maximum atomic E-state index is 13.6. The molecule has 162 valence electrons. The van der Waals surface area contributed by atoms with Crippen LogP contribution in [0.2, 0.25) is 30.8 Å². The molecule has 1 aromatic carbocycles. The first kappa shape index (κ1) is 22.3. The van der Waals surface area contributed by atoms with Crippen molar-refractivity contribution in [3.8, 4) is 11.3 Å². The van der Waals surface area contributed by atoms with Crippen LogP contribution in [0, 0.1) is 5.21 Å². The van der Waals surface area contributed by atoms with Gasteiger partial charge in [-0.1, -0.05) is 31.2 Å². The minimum atomic E-state index is -4.74. The number of oxazole rings is 1. The zero-order valence-corrected chi connectivity index (χ0v) is 18.2. The van der Waals surface area contributed by atoms with E-state index < -0.39 is 37.8 Å². The zero-order valence-electron chi connectivity index (χ0n) is 16.4. The van der Waals surface area contributed by atoms with Gasteiger partial charge in [-0.15, -0.1) is 0 Å². The first-order valence-electron chi connectivity index (χ1n) is 8.95. The van der Waals surface area contributed by atoms with Crippen molar-refractivity contribution in [3.05, 3.63) is 51.0 Å². The maximum Gasteiger partial charge on any atom is 0.421 e. The topological polar surface area (TPSA) is 84.2 Å². The van der Waals surface area contributed by atoms with Crippen LogP contribution in [0.1, 0.15) is 5.56 Å². The van der Waals surface area contributed by atoms with Gasteiger partial charge in [0.1, 0.15) is 17.9 Å². The third-order valence-corrected chi connectivity index (χ3v) is 6.21. The molecule has 0 N–H and O–H groups in total. The van der Waals surface area contributed by atoms with E-state index in [0.29, 0.717) is 11.3 Å². The molecule has 0 radical (unpaired) electrons. The van der Waals surface area contributed by atoms with Crippen molar-refractivity contribution in [2.75, 3.05) is 6.61 Å². The number of rotatable bonds is 6. The molecule has 0 unspecified atom stereocenters. The molecule has 12 heteroatoms. The molecule has 0 aliphatic heterocycles. The van der Waals surface area contributed by atoms with Gasteiger partial charge in [0.25, 0.3) is 0 Å². The van der Waals surface area contributed by atoms with Crippen LogP contribution in [-0.2, 0) is 17.6 Å². The summed E-state index contributed by atoms with van der Waals surface area (Å²) in [5.74, 6) is -1.01. The molecule has 0 saturated heterocycles. The van der Waals surface area contributed by atoms with Crippen molar-refractivity contribution >= 4 is 30.8 Å². The lowest BCUT2D eigenvalue weighted by Gasteiger charge is -2.16. The van der Waals surface area contributed by atoms with Gasteiger partial charge in [0.2, 0.25) is 12.4 Å². The van der Waals surface area contributed by atoms with Crippen LogP contribution in [0.25, 0.3) is 22.4 Å². The van der Waals surface area contributed by atoms with E-state index in [1.54, 1.807) is 0 Å². The number of halogens is 4. The second-order valence-electron chi connectivity index (χ2n) is 7.92. The van der Waals surface area contributed by atoms with Gasteiger partial charge in [-0.3, -0.25) is 0 Å². The lowest BCUT2D eigenvalue weighted by molar-refractivity contribution is -0.605. The first-order valence-corrected chi connectivity index (χ1v) is 13.0. The molecule has 0 amide bonds. The molecule has 0 spiro atoms. The number of ether oxygens (including phenoxy) is 1. The van der Waals surface area contributed by atoms with Crippen molar-refractivity contribution in [1.82, 2.24) is 9.55 Å². The molecular formula is C18H19ClF3N3O4Si. The van der Waals surface area contributed by atoms with E-state index in [4.69, 9.17) is 20.8 Å². The van der Waals surface area contributed by atoms with E-state index in [-0.39, 0.29) is 22.0 Å². The molecule has 3 rings (SSSR count). The van der Waals surface area contributed by atoms with Crippen LogP contribution in [0.15, 0.2) is 33.7 Å². The summed E-state index contributed by atoms with van der Waals surface area (Å²) in [5.41, 5.74) is -1.88. The number of fused-ring (bicyclic) bond motifs is 1. The minimum Gasteiger partial charge on any atom is -0.619 e. The van der Waals surface area contributed by atoms with E-state index in [0.717, 1.165) is 35.1 Å². The van der Waals surface area contributed by atoms with E-state index in [1.807, 2.05) is 0 Å². The molecule has 0 fully saturated rings. The Bertz CT molecular complexity index is 1120. The summed E-state index contributed by atoms with van der Waals surface area (Å²) in [6.45, 7) is 6.30. The average Bonchev–Trinajstić information content (AvgIpc) is 2.91. The van der Waals surface area contributed by atoms with Crippen molar-refractivity contribution in [3.63, 3.8) is 0 Å². The van der Waals surface area contributed by atoms with Crippen molar-refractivity contribution in [1.29, 1.82) is 0 Å². The summed E-state index contributed by atoms with van der Waals surface area (Å²) in [5, 5.41) is 11.5. The summed E-state index contributed by atoms with van der Waals surface area (Å²) in [6, 6.07) is 2.68. The molecule has 0 atom stereocenters. The molecular weight excluding hydrogens is 443 g/mol. The number of benzene rings is 1. The molecule has 30 heavy (non-hydrogen) atoms. The third-order valence-electron chi connectivity index (χ3n) is 4.32. The van der Waals surface area contributed by atoms with Gasteiger partial charge in [-0.25, -0.2) is 14.3 Å². The summed E-state index contributed by atoms with van der Waals surface area (Å²) < 4.78 is 52.7. The predicted molar refractivity (Wildman–Crippen MR) is 107 cm³/mol. The van der Waals surface area contributed by atoms with Crippen LogP contribution in [0.5, 0.6) is 0 Å². The highest BCUT2D eigenvalue weighted by Gasteiger charge is 2.36. The predicted octanol–water partition coefficient (Wildman–Crippen LogP) is 4.27. The summed E-state index contributed by atoms with van der Waals surface area (Å²) in [6.07, 6.45) is -2.73. The molecule has 7 nitrogen and oxygen atoms in total. The van der Waals surface area contributed by atoms with E-state index >= 15 is 0 Å². The van der Waals surface area contributed by atoms with Crippen LogP contribution in [-0.4, -0.2) is 24.2 Å². The molecule has 0 bridgehead atoms. The average molecular weight is 462 g/mol. The number of hydrogen-bond acceptors (Lipinski definition) is 5. The van der Waals surface area contributed by atoms with Crippen LogP contribution in [0.3, 0.4) is 0 Å². The lowest BCUT2D eigenvalue weighted by atomic mass is 10.1. The summed E-state index contributed by atoms with van der Waals surface area (Å²) >= 11 is 5.79. The van der Waals surface area contributed by atoms with Gasteiger partial charge >= 0.3 is 11.9 Å². The number of alkyl halides is 3. The molecule has 2 aromatic heterocycles. The molecule has 3 aromatic rings. The van der Waals surface area contributed by atoms with Crippen molar-refractivity contribution in [2.45, 2.75) is 38.6 Å². The van der Waals surface area contributed by atoms with Gasteiger partial charge in [-0.2, -0.15) is 17.9 Å².